The minimum Gasteiger partial charge on any atom is -0.328 e. The summed E-state index contributed by atoms with van der Waals surface area (Å²) >= 11 is 0. The summed E-state index contributed by atoms with van der Waals surface area (Å²) in [6.45, 7) is 0.735. The third-order valence-electron chi connectivity index (χ3n) is 4.21. The Balaban J connectivity index is 0.00000192. The molecule has 124 valence electrons. The quantitative estimate of drug-likeness (QED) is 0.903. The van der Waals surface area contributed by atoms with E-state index in [1.807, 2.05) is 41.2 Å². The number of carbonyl (C=O) groups is 1. The fraction of sp³-hybridized carbons (Fsp3) is 0.412. The second-order valence-electron chi connectivity index (χ2n) is 6.01. The molecule has 1 aromatic carbocycles. The van der Waals surface area contributed by atoms with Crippen molar-refractivity contribution in [2.75, 3.05) is 5.32 Å². The number of halogens is 1. The van der Waals surface area contributed by atoms with Crippen molar-refractivity contribution in [2.45, 2.75) is 38.3 Å². The van der Waals surface area contributed by atoms with Crippen molar-refractivity contribution in [2.24, 2.45) is 11.7 Å². The van der Waals surface area contributed by atoms with E-state index in [0.717, 1.165) is 43.5 Å². The topological polar surface area (TPSA) is 72.9 Å². The molecule has 0 spiro atoms. The molecule has 0 bridgehead atoms. The Labute approximate surface area is 142 Å². The number of nitrogens with zero attached hydrogens (tertiary/aromatic N) is 2. The lowest BCUT2D eigenvalue weighted by Gasteiger charge is -2.25. The number of anilines is 1. The zero-order valence-corrected chi connectivity index (χ0v) is 13.8. The highest BCUT2D eigenvalue weighted by molar-refractivity contribution is 5.92. The summed E-state index contributed by atoms with van der Waals surface area (Å²) < 4.78 is 1.87. The first-order chi connectivity index (χ1) is 10.7. The van der Waals surface area contributed by atoms with Gasteiger partial charge < -0.3 is 11.1 Å². The van der Waals surface area contributed by atoms with Gasteiger partial charge in [0.05, 0.1) is 6.54 Å². The second kappa shape index (κ2) is 8.13. The van der Waals surface area contributed by atoms with Gasteiger partial charge in [0.1, 0.15) is 0 Å². The molecule has 0 saturated heterocycles. The third-order valence-corrected chi connectivity index (χ3v) is 4.21. The summed E-state index contributed by atoms with van der Waals surface area (Å²) in [5.41, 5.74) is 7.95. The molecule has 2 aromatic rings. The minimum atomic E-state index is 0. The van der Waals surface area contributed by atoms with Crippen molar-refractivity contribution in [1.82, 2.24) is 9.78 Å². The van der Waals surface area contributed by atoms with Gasteiger partial charge in [0.2, 0.25) is 5.91 Å². The molecule has 6 heteroatoms. The Hall–Kier alpha value is -1.85. The van der Waals surface area contributed by atoms with Gasteiger partial charge in [0.25, 0.3) is 0 Å². The molecule has 1 aliphatic rings. The molecular weight excluding hydrogens is 312 g/mol. The van der Waals surface area contributed by atoms with Gasteiger partial charge >= 0.3 is 0 Å². The highest BCUT2D eigenvalue weighted by Crippen LogP contribution is 2.24. The van der Waals surface area contributed by atoms with Crippen LogP contribution in [0.25, 0.3) is 0 Å². The molecule has 23 heavy (non-hydrogen) atoms. The van der Waals surface area contributed by atoms with Crippen molar-refractivity contribution < 1.29 is 4.79 Å². The molecule has 1 heterocycles. The zero-order valence-electron chi connectivity index (χ0n) is 13.0. The van der Waals surface area contributed by atoms with Crippen molar-refractivity contribution in [1.29, 1.82) is 0 Å². The molecule has 5 nitrogen and oxygen atoms in total. The molecule has 1 fully saturated rings. The van der Waals surface area contributed by atoms with E-state index in [0.29, 0.717) is 0 Å². The number of rotatable bonds is 4. The van der Waals surface area contributed by atoms with Crippen LogP contribution in [0.15, 0.2) is 42.7 Å². The Morgan fingerprint density at radius 1 is 1.30 bits per heavy atom. The lowest BCUT2D eigenvalue weighted by atomic mass is 9.85. The predicted molar refractivity (Wildman–Crippen MR) is 93.6 cm³/mol. The maximum atomic E-state index is 12.3. The van der Waals surface area contributed by atoms with Crippen molar-refractivity contribution in [3.8, 4) is 0 Å². The van der Waals surface area contributed by atoms with Gasteiger partial charge in [-0.3, -0.25) is 9.48 Å². The van der Waals surface area contributed by atoms with Gasteiger partial charge in [0.15, 0.2) is 0 Å². The standard InChI is InChI=1S/C17H22N4O.ClH/c18-15-4-1-3-14(11-15)17(22)20-16-7-5-13(6-8-16)12-21-10-2-9-19-21;/h2,5-10,14-15H,1,3-4,11-12,18H2,(H,20,22);1H. The van der Waals surface area contributed by atoms with Crippen LogP contribution in [0.4, 0.5) is 5.69 Å². The fourth-order valence-corrected chi connectivity index (χ4v) is 2.98. The van der Waals surface area contributed by atoms with E-state index in [1.54, 1.807) is 6.20 Å². The number of hydrogen-bond donors (Lipinski definition) is 2. The number of nitrogens with one attached hydrogen (secondary N) is 1. The SMILES string of the molecule is Cl.NC1CCCC(C(=O)Nc2ccc(Cn3cccn3)cc2)C1. The highest BCUT2D eigenvalue weighted by Gasteiger charge is 2.25. The molecule has 0 aliphatic heterocycles. The maximum Gasteiger partial charge on any atom is 0.227 e. The first kappa shape index (κ1) is 17.5. The zero-order chi connectivity index (χ0) is 15.4. The number of amides is 1. The Morgan fingerprint density at radius 3 is 2.74 bits per heavy atom. The predicted octanol–water partition coefficient (Wildman–Crippen LogP) is 2.81. The summed E-state index contributed by atoms with van der Waals surface area (Å²) in [7, 11) is 0. The van der Waals surface area contributed by atoms with Crippen LogP contribution in [0.5, 0.6) is 0 Å². The van der Waals surface area contributed by atoms with Crippen LogP contribution in [-0.2, 0) is 11.3 Å². The molecule has 1 saturated carbocycles. The first-order valence-electron chi connectivity index (χ1n) is 7.83. The maximum absolute atomic E-state index is 12.3. The van der Waals surface area contributed by atoms with Gasteiger partial charge in [-0.25, -0.2) is 0 Å². The number of hydrogen-bond acceptors (Lipinski definition) is 3. The van der Waals surface area contributed by atoms with E-state index in [1.165, 1.54) is 0 Å². The van der Waals surface area contributed by atoms with E-state index in [9.17, 15) is 4.79 Å². The molecule has 1 amide bonds. The third kappa shape index (κ3) is 4.81. The Bertz CT molecular complexity index is 612. The van der Waals surface area contributed by atoms with E-state index in [4.69, 9.17) is 5.73 Å². The molecule has 2 atom stereocenters. The summed E-state index contributed by atoms with van der Waals surface area (Å²) in [5.74, 6) is 0.141. The second-order valence-corrected chi connectivity index (χ2v) is 6.01. The summed E-state index contributed by atoms with van der Waals surface area (Å²) in [6.07, 6.45) is 7.51. The lowest BCUT2D eigenvalue weighted by Crippen LogP contribution is -2.34. The number of benzene rings is 1. The highest BCUT2D eigenvalue weighted by atomic mass is 35.5. The minimum absolute atomic E-state index is 0. The monoisotopic (exact) mass is 334 g/mol. The van der Waals surface area contributed by atoms with E-state index < -0.39 is 0 Å². The molecule has 2 unspecified atom stereocenters. The summed E-state index contributed by atoms with van der Waals surface area (Å²) in [5, 5.41) is 7.19. The van der Waals surface area contributed by atoms with Gasteiger partial charge in [0, 0.05) is 30.0 Å². The van der Waals surface area contributed by atoms with Gasteiger partial charge in [-0.15, -0.1) is 12.4 Å². The average molecular weight is 335 g/mol. The Kier molecular flexibility index (Phi) is 6.19. The van der Waals surface area contributed by atoms with Crippen LogP contribution >= 0.6 is 12.4 Å². The fourth-order valence-electron chi connectivity index (χ4n) is 2.98. The van der Waals surface area contributed by atoms with Crippen molar-refractivity contribution >= 4 is 24.0 Å². The molecule has 3 N–H and O–H groups in total. The van der Waals surface area contributed by atoms with Crippen LogP contribution in [0.3, 0.4) is 0 Å². The summed E-state index contributed by atoms with van der Waals surface area (Å²) in [6, 6.07) is 10.00. The first-order valence-corrected chi connectivity index (χ1v) is 7.83. The van der Waals surface area contributed by atoms with Gasteiger partial charge in [-0.2, -0.15) is 5.10 Å². The number of aromatic nitrogens is 2. The lowest BCUT2D eigenvalue weighted by molar-refractivity contribution is -0.120. The smallest absolute Gasteiger partial charge is 0.227 e. The van der Waals surface area contributed by atoms with Crippen LogP contribution in [-0.4, -0.2) is 21.7 Å². The van der Waals surface area contributed by atoms with Crippen LogP contribution in [0.1, 0.15) is 31.2 Å². The number of carbonyl (C=O) groups excluding carboxylic acids is 1. The van der Waals surface area contributed by atoms with Gasteiger partial charge in [-0.05, 0) is 43.0 Å². The normalized spacial score (nSPS) is 20.6. The van der Waals surface area contributed by atoms with Crippen LogP contribution in [0.2, 0.25) is 0 Å². The molecule has 1 aromatic heterocycles. The molecule has 3 rings (SSSR count). The molecule has 0 radical (unpaired) electrons. The molecule has 1 aliphatic carbocycles. The summed E-state index contributed by atoms with van der Waals surface area (Å²) in [4.78, 5) is 12.3. The average Bonchev–Trinajstić information content (AvgIpc) is 3.02. The van der Waals surface area contributed by atoms with Crippen molar-refractivity contribution in [3.63, 3.8) is 0 Å². The van der Waals surface area contributed by atoms with Crippen LogP contribution < -0.4 is 11.1 Å². The largest absolute Gasteiger partial charge is 0.328 e. The van der Waals surface area contributed by atoms with Crippen LogP contribution in [0, 0.1) is 5.92 Å². The van der Waals surface area contributed by atoms with E-state index in [2.05, 4.69) is 10.4 Å². The van der Waals surface area contributed by atoms with Crippen molar-refractivity contribution in [3.05, 3.63) is 48.3 Å². The number of nitrogens with two attached hydrogens (primary N) is 1. The van der Waals surface area contributed by atoms with E-state index >= 15 is 0 Å². The Morgan fingerprint density at radius 2 is 2.09 bits per heavy atom. The molecular formula is C17H23ClN4O. The van der Waals surface area contributed by atoms with E-state index in [-0.39, 0.29) is 30.3 Å². The van der Waals surface area contributed by atoms with Gasteiger partial charge in [-0.1, -0.05) is 18.6 Å².